The summed E-state index contributed by atoms with van der Waals surface area (Å²) in [5, 5.41) is 9.99. The van der Waals surface area contributed by atoms with E-state index in [1.54, 1.807) is 0 Å². The summed E-state index contributed by atoms with van der Waals surface area (Å²) in [5.74, 6) is -0.809. The first-order chi connectivity index (χ1) is 16.6. The molecule has 1 aromatic rings. The number of carbonyl (C=O) groups is 2. The number of amides is 2. The molecule has 0 unspecified atom stereocenters. The molecular weight excluding hydrogens is 477 g/mol. The number of rotatable bonds is 9. The van der Waals surface area contributed by atoms with Gasteiger partial charge in [-0.05, 0) is 50.8 Å². The number of hydrazine groups is 1. The molecule has 12 heteroatoms. The molecule has 2 saturated heterocycles. The quantitative estimate of drug-likeness (QED) is 0.200. The SMILES string of the molecule is CN1C[C@@H]2CN(c3nc(Cl)nc(NNC(=O)[C@H](CC4CCCC4)CN(O)C=O)c3F)C[C@@H]2C1(C)C. The maximum absolute atomic E-state index is 15.4. The van der Waals surface area contributed by atoms with Crippen LogP contribution in [0, 0.1) is 29.5 Å². The molecule has 194 valence electrons. The van der Waals surface area contributed by atoms with Crippen LogP contribution in [0.3, 0.4) is 0 Å². The molecule has 1 aliphatic carbocycles. The van der Waals surface area contributed by atoms with Gasteiger partial charge < -0.3 is 9.80 Å². The average molecular weight is 512 g/mol. The lowest BCUT2D eigenvalue weighted by Gasteiger charge is -2.34. The van der Waals surface area contributed by atoms with Crippen LogP contribution in [0.4, 0.5) is 16.0 Å². The number of nitrogens with one attached hydrogen (secondary N) is 2. The minimum atomic E-state index is -0.690. The van der Waals surface area contributed by atoms with Crippen molar-refractivity contribution in [2.45, 2.75) is 51.5 Å². The first-order valence-electron chi connectivity index (χ1n) is 12.3. The predicted molar refractivity (Wildman–Crippen MR) is 129 cm³/mol. The second-order valence-corrected chi connectivity index (χ2v) is 11.0. The number of halogens is 2. The summed E-state index contributed by atoms with van der Waals surface area (Å²) in [6.45, 7) is 6.50. The van der Waals surface area contributed by atoms with Crippen LogP contribution in [0.5, 0.6) is 0 Å². The monoisotopic (exact) mass is 511 g/mol. The van der Waals surface area contributed by atoms with E-state index in [1.807, 2.05) is 4.90 Å². The lowest BCUT2D eigenvalue weighted by atomic mass is 9.85. The highest BCUT2D eigenvalue weighted by Crippen LogP contribution is 2.44. The van der Waals surface area contributed by atoms with Crippen molar-refractivity contribution in [2.75, 3.05) is 43.6 Å². The molecule has 2 aliphatic heterocycles. The maximum atomic E-state index is 15.4. The van der Waals surface area contributed by atoms with E-state index < -0.39 is 17.6 Å². The van der Waals surface area contributed by atoms with E-state index in [0.29, 0.717) is 42.3 Å². The molecule has 3 heterocycles. The lowest BCUT2D eigenvalue weighted by Crippen LogP contribution is -2.43. The number of nitrogens with zero attached hydrogens (tertiary/aromatic N) is 5. The Hall–Kier alpha value is -2.24. The Morgan fingerprint density at radius 3 is 2.69 bits per heavy atom. The number of anilines is 2. The minimum Gasteiger partial charge on any atom is -0.353 e. The fourth-order valence-corrected chi connectivity index (χ4v) is 6.17. The predicted octanol–water partition coefficient (Wildman–Crippen LogP) is 2.53. The molecule has 1 aromatic heterocycles. The fourth-order valence-electron chi connectivity index (χ4n) is 6.01. The number of carbonyl (C=O) groups excluding carboxylic acids is 2. The van der Waals surface area contributed by atoms with Crippen molar-refractivity contribution in [3.63, 3.8) is 0 Å². The molecular formula is C23H35ClFN7O3. The fraction of sp³-hybridized carbons (Fsp3) is 0.739. The molecule has 0 spiro atoms. The van der Waals surface area contributed by atoms with Gasteiger partial charge in [0.15, 0.2) is 11.6 Å². The summed E-state index contributed by atoms with van der Waals surface area (Å²) in [6.07, 6.45) is 5.02. The van der Waals surface area contributed by atoms with Gasteiger partial charge in [0.1, 0.15) is 0 Å². The summed E-state index contributed by atoms with van der Waals surface area (Å²) in [5.41, 5.74) is 5.04. The third-order valence-electron chi connectivity index (χ3n) is 8.24. The highest BCUT2D eigenvalue weighted by atomic mass is 35.5. The highest BCUT2D eigenvalue weighted by Gasteiger charge is 2.51. The summed E-state index contributed by atoms with van der Waals surface area (Å²) in [7, 11) is 2.11. The summed E-state index contributed by atoms with van der Waals surface area (Å²) >= 11 is 6.12. The van der Waals surface area contributed by atoms with Gasteiger partial charge in [0.25, 0.3) is 0 Å². The Labute approximate surface area is 210 Å². The number of hydroxylamine groups is 2. The van der Waals surface area contributed by atoms with Gasteiger partial charge in [-0.25, -0.2) is 5.06 Å². The molecule has 10 nitrogen and oxygen atoms in total. The molecule has 0 aromatic carbocycles. The van der Waals surface area contributed by atoms with Crippen LogP contribution in [0.25, 0.3) is 0 Å². The number of likely N-dealkylation sites (tertiary alicyclic amines) is 1. The van der Waals surface area contributed by atoms with Crippen molar-refractivity contribution >= 4 is 35.6 Å². The zero-order chi connectivity index (χ0) is 25.3. The van der Waals surface area contributed by atoms with E-state index in [9.17, 15) is 14.8 Å². The smallest absolute Gasteiger partial charge is 0.243 e. The zero-order valence-electron chi connectivity index (χ0n) is 20.5. The Morgan fingerprint density at radius 2 is 2.03 bits per heavy atom. The van der Waals surface area contributed by atoms with Gasteiger partial charge in [-0.3, -0.25) is 25.6 Å². The number of aromatic nitrogens is 2. The van der Waals surface area contributed by atoms with Gasteiger partial charge in [-0.2, -0.15) is 14.4 Å². The van der Waals surface area contributed by atoms with Gasteiger partial charge in [-0.1, -0.05) is 25.7 Å². The lowest BCUT2D eigenvalue weighted by molar-refractivity contribution is -0.154. The Balaban J connectivity index is 1.44. The topological polar surface area (TPSA) is 114 Å². The molecule has 3 atom stereocenters. The molecule has 3 fully saturated rings. The Morgan fingerprint density at radius 1 is 1.31 bits per heavy atom. The summed E-state index contributed by atoms with van der Waals surface area (Å²) in [4.78, 5) is 36.1. The van der Waals surface area contributed by atoms with Crippen LogP contribution in [-0.4, -0.2) is 76.2 Å². The largest absolute Gasteiger partial charge is 0.353 e. The van der Waals surface area contributed by atoms with E-state index in [2.05, 4.69) is 46.6 Å². The van der Waals surface area contributed by atoms with E-state index in [4.69, 9.17) is 11.6 Å². The number of fused-ring (bicyclic) bond motifs is 1. The van der Waals surface area contributed by atoms with Crippen LogP contribution in [0.15, 0.2) is 0 Å². The van der Waals surface area contributed by atoms with E-state index in [-0.39, 0.29) is 35.4 Å². The third kappa shape index (κ3) is 5.46. The van der Waals surface area contributed by atoms with Crippen LogP contribution in [0.1, 0.15) is 46.0 Å². The Kier molecular flexibility index (Phi) is 7.68. The summed E-state index contributed by atoms with van der Waals surface area (Å²) < 4.78 is 15.4. The second-order valence-electron chi connectivity index (χ2n) is 10.7. The van der Waals surface area contributed by atoms with Gasteiger partial charge in [0.2, 0.25) is 23.4 Å². The average Bonchev–Trinajstić information content (AvgIpc) is 3.52. The minimum absolute atomic E-state index is 0.00178. The zero-order valence-corrected chi connectivity index (χ0v) is 21.3. The Bertz CT molecular complexity index is 946. The van der Waals surface area contributed by atoms with Crippen molar-refractivity contribution in [2.24, 2.45) is 23.7 Å². The van der Waals surface area contributed by atoms with E-state index >= 15 is 4.39 Å². The standard InChI is InChI=1S/C23H35ClFN7O3/c1-23(2)17-12-31(10-16(17)9-30(23)3)20-18(25)19(26-22(24)27-20)28-29-21(34)15(11-32(35)13-33)8-14-6-4-5-7-14/h13-17,35H,4-12H2,1-3H3,(H,29,34)(H,26,27,28)/t15-,16-,17+/m1/s1. The molecule has 4 rings (SSSR count). The normalized spacial score (nSPS) is 24.9. The first kappa shape index (κ1) is 25.8. The van der Waals surface area contributed by atoms with E-state index in [1.165, 1.54) is 0 Å². The van der Waals surface area contributed by atoms with Crippen molar-refractivity contribution in [3.8, 4) is 0 Å². The van der Waals surface area contributed by atoms with Crippen molar-refractivity contribution < 1.29 is 19.2 Å². The van der Waals surface area contributed by atoms with Gasteiger partial charge >= 0.3 is 0 Å². The summed E-state index contributed by atoms with van der Waals surface area (Å²) in [6, 6.07) is 0. The van der Waals surface area contributed by atoms with Gasteiger partial charge in [-0.15, -0.1) is 0 Å². The molecule has 3 N–H and O–H groups in total. The van der Waals surface area contributed by atoms with Crippen molar-refractivity contribution in [3.05, 3.63) is 11.1 Å². The first-order valence-corrected chi connectivity index (χ1v) is 12.6. The highest BCUT2D eigenvalue weighted by molar-refractivity contribution is 6.28. The molecule has 1 saturated carbocycles. The van der Waals surface area contributed by atoms with Crippen LogP contribution < -0.4 is 15.8 Å². The molecule has 35 heavy (non-hydrogen) atoms. The molecule has 3 aliphatic rings. The number of hydrogen-bond acceptors (Lipinski definition) is 8. The van der Waals surface area contributed by atoms with Crippen LogP contribution >= 0.6 is 11.6 Å². The third-order valence-corrected chi connectivity index (χ3v) is 8.41. The van der Waals surface area contributed by atoms with Gasteiger partial charge in [0.05, 0.1) is 12.5 Å². The van der Waals surface area contributed by atoms with Crippen molar-refractivity contribution in [1.29, 1.82) is 0 Å². The number of hydrogen-bond donors (Lipinski definition) is 3. The van der Waals surface area contributed by atoms with Gasteiger partial charge in [0, 0.05) is 31.1 Å². The van der Waals surface area contributed by atoms with Crippen molar-refractivity contribution in [1.82, 2.24) is 25.4 Å². The molecule has 2 amide bonds. The van der Waals surface area contributed by atoms with Crippen LogP contribution in [-0.2, 0) is 9.59 Å². The van der Waals surface area contributed by atoms with Crippen LogP contribution in [0.2, 0.25) is 5.28 Å². The van der Waals surface area contributed by atoms with E-state index in [0.717, 1.165) is 32.2 Å². The molecule has 0 radical (unpaired) electrons. The second kappa shape index (κ2) is 10.4. The molecule has 0 bridgehead atoms. The maximum Gasteiger partial charge on any atom is 0.243 e.